The van der Waals surface area contributed by atoms with Gasteiger partial charge in [-0.2, -0.15) is 0 Å². The standard InChI is InChI=1S/C44H50F2N8O4/c45-36-25-33(48-38-12-14-41(55)50-43(38)57)11-13-39(36)52-18-15-29(16-19-52)28-51-20-22-53(23-21-51)44(58)30-7-9-32(10-8-30)49-40-26-35(37(46)27-47-40)31-4-3-5-34(24-31)54-17-2-1-6-42(54)56/h1-6,11,13,17,24-27,29-30,32,38,48H,7-10,12,14-16,18-23,28H2,(H,47,49)(H,50,55,57). The molecular formula is C44H50F2N8O4. The summed E-state index contributed by atoms with van der Waals surface area (Å²) in [5.74, 6) is -0.110. The zero-order valence-corrected chi connectivity index (χ0v) is 32.5. The maximum Gasteiger partial charge on any atom is 0.255 e. The molecule has 1 saturated carbocycles. The second-order valence-corrected chi connectivity index (χ2v) is 16.1. The van der Waals surface area contributed by atoms with Crippen LogP contribution in [0.5, 0.6) is 0 Å². The van der Waals surface area contributed by atoms with Crippen molar-refractivity contribution in [1.29, 1.82) is 0 Å². The van der Waals surface area contributed by atoms with Crippen molar-refractivity contribution in [2.45, 2.75) is 63.5 Å². The minimum Gasteiger partial charge on any atom is -0.374 e. The number of amides is 3. The van der Waals surface area contributed by atoms with Crippen LogP contribution in [-0.2, 0) is 14.4 Å². The third kappa shape index (κ3) is 9.07. The van der Waals surface area contributed by atoms with E-state index in [9.17, 15) is 19.2 Å². The van der Waals surface area contributed by atoms with Gasteiger partial charge < -0.3 is 20.4 Å². The number of pyridine rings is 2. The Morgan fingerprint density at radius 2 is 1.59 bits per heavy atom. The van der Waals surface area contributed by atoms with E-state index in [1.807, 2.05) is 17.0 Å². The summed E-state index contributed by atoms with van der Waals surface area (Å²) in [5.41, 5.74) is 2.62. The smallest absolute Gasteiger partial charge is 0.255 e. The minimum absolute atomic E-state index is 0.00234. The molecule has 1 atom stereocenters. The maximum absolute atomic E-state index is 15.2. The highest BCUT2D eigenvalue weighted by atomic mass is 19.1. The van der Waals surface area contributed by atoms with E-state index in [2.05, 4.69) is 30.7 Å². The highest BCUT2D eigenvalue weighted by molar-refractivity contribution is 6.01. The van der Waals surface area contributed by atoms with E-state index < -0.39 is 11.9 Å². The molecule has 1 unspecified atom stereocenters. The van der Waals surface area contributed by atoms with E-state index in [0.717, 1.165) is 84.3 Å². The van der Waals surface area contributed by atoms with Gasteiger partial charge in [0, 0.05) is 93.4 Å². The Balaban J connectivity index is 0.761. The highest BCUT2D eigenvalue weighted by Gasteiger charge is 2.33. The normalized spacial score (nSPS) is 22.1. The number of halogens is 2. The van der Waals surface area contributed by atoms with Crippen LogP contribution < -0.4 is 26.4 Å². The Labute approximate surface area is 336 Å². The lowest BCUT2D eigenvalue weighted by Crippen LogP contribution is -2.52. The first-order valence-corrected chi connectivity index (χ1v) is 20.5. The molecule has 3 aliphatic heterocycles. The molecule has 3 saturated heterocycles. The van der Waals surface area contributed by atoms with Crippen LogP contribution in [-0.4, -0.2) is 95.0 Å². The Kier molecular flexibility index (Phi) is 11.8. The van der Waals surface area contributed by atoms with Gasteiger partial charge in [-0.1, -0.05) is 18.2 Å². The van der Waals surface area contributed by atoms with Crippen molar-refractivity contribution in [3.8, 4) is 16.8 Å². The van der Waals surface area contributed by atoms with Crippen LogP contribution in [0.3, 0.4) is 0 Å². The van der Waals surface area contributed by atoms with Crippen LogP contribution in [0.2, 0.25) is 0 Å². The molecule has 58 heavy (non-hydrogen) atoms. The van der Waals surface area contributed by atoms with Crippen molar-refractivity contribution < 1.29 is 23.2 Å². The first kappa shape index (κ1) is 39.2. The number of aromatic nitrogens is 2. The van der Waals surface area contributed by atoms with Gasteiger partial charge in [0.2, 0.25) is 17.7 Å². The zero-order chi connectivity index (χ0) is 40.2. The third-order valence-electron chi connectivity index (χ3n) is 12.2. The molecule has 4 aliphatic rings. The maximum atomic E-state index is 15.2. The summed E-state index contributed by atoms with van der Waals surface area (Å²) in [4.78, 5) is 60.4. The molecule has 3 amide bonds. The van der Waals surface area contributed by atoms with Crippen LogP contribution in [0, 0.1) is 23.5 Å². The van der Waals surface area contributed by atoms with Gasteiger partial charge in [0.05, 0.1) is 11.9 Å². The number of carbonyl (C=O) groups excluding carboxylic acids is 3. The first-order valence-electron chi connectivity index (χ1n) is 20.5. The van der Waals surface area contributed by atoms with Crippen LogP contribution in [0.25, 0.3) is 16.8 Å². The monoisotopic (exact) mass is 792 g/mol. The molecule has 304 valence electrons. The molecule has 5 heterocycles. The number of piperazine rings is 1. The molecule has 2 aromatic heterocycles. The number of nitrogens with one attached hydrogen (secondary N) is 3. The van der Waals surface area contributed by atoms with Gasteiger partial charge in [0.1, 0.15) is 23.5 Å². The Hall–Kier alpha value is -5.63. The Bertz CT molecular complexity index is 2190. The number of nitrogens with zero attached hydrogens (tertiary/aromatic N) is 5. The van der Waals surface area contributed by atoms with Crippen LogP contribution in [0.15, 0.2) is 83.9 Å². The molecular weight excluding hydrogens is 743 g/mol. The predicted molar refractivity (Wildman–Crippen MR) is 219 cm³/mol. The number of benzene rings is 2. The molecule has 0 radical (unpaired) electrons. The minimum atomic E-state index is -0.557. The second-order valence-electron chi connectivity index (χ2n) is 16.1. The molecule has 0 bridgehead atoms. The predicted octanol–water partition coefficient (Wildman–Crippen LogP) is 5.43. The van der Waals surface area contributed by atoms with Crippen molar-refractivity contribution in [1.82, 2.24) is 24.7 Å². The Morgan fingerprint density at radius 3 is 2.33 bits per heavy atom. The fourth-order valence-corrected chi connectivity index (χ4v) is 8.91. The van der Waals surface area contributed by atoms with Gasteiger partial charge in [0.15, 0.2) is 0 Å². The highest BCUT2D eigenvalue weighted by Crippen LogP contribution is 2.32. The summed E-state index contributed by atoms with van der Waals surface area (Å²) in [6.45, 7) is 5.65. The zero-order valence-electron chi connectivity index (χ0n) is 32.5. The average molecular weight is 793 g/mol. The van der Waals surface area contributed by atoms with Gasteiger partial charge in [-0.05, 0) is 98.9 Å². The lowest BCUT2D eigenvalue weighted by Gasteiger charge is -2.40. The summed E-state index contributed by atoms with van der Waals surface area (Å²) in [5, 5.41) is 8.85. The lowest BCUT2D eigenvalue weighted by atomic mass is 9.85. The molecule has 0 spiro atoms. The van der Waals surface area contributed by atoms with E-state index in [1.54, 1.807) is 48.7 Å². The van der Waals surface area contributed by atoms with Gasteiger partial charge in [0.25, 0.3) is 5.56 Å². The summed E-state index contributed by atoms with van der Waals surface area (Å²) in [6.07, 6.45) is 8.71. The summed E-state index contributed by atoms with van der Waals surface area (Å²) < 4.78 is 31.8. The van der Waals surface area contributed by atoms with E-state index in [0.29, 0.717) is 46.3 Å². The summed E-state index contributed by atoms with van der Waals surface area (Å²) in [7, 11) is 0. The molecule has 4 fully saturated rings. The van der Waals surface area contributed by atoms with Gasteiger partial charge in [-0.3, -0.25) is 34.0 Å². The molecule has 14 heteroatoms. The van der Waals surface area contributed by atoms with Crippen LogP contribution in [0.4, 0.5) is 26.0 Å². The van der Waals surface area contributed by atoms with Crippen molar-refractivity contribution in [3.63, 3.8) is 0 Å². The largest absolute Gasteiger partial charge is 0.374 e. The van der Waals surface area contributed by atoms with E-state index in [1.165, 1.54) is 22.9 Å². The fourth-order valence-electron chi connectivity index (χ4n) is 8.91. The number of hydrogen-bond acceptors (Lipinski definition) is 9. The number of piperidine rings is 2. The van der Waals surface area contributed by atoms with Crippen molar-refractivity contribution >= 4 is 34.9 Å². The van der Waals surface area contributed by atoms with Crippen LogP contribution in [0.1, 0.15) is 51.4 Å². The third-order valence-corrected chi connectivity index (χ3v) is 12.2. The number of rotatable bonds is 10. The van der Waals surface area contributed by atoms with Gasteiger partial charge in [-0.15, -0.1) is 0 Å². The molecule has 4 aromatic rings. The van der Waals surface area contributed by atoms with Crippen molar-refractivity contribution in [2.75, 3.05) is 61.3 Å². The second kappa shape index (κ2) is 17.5. The number of imide groups is 1. The van der Waals surface area contributed by atoms with Crippen LogP contribution >= 0.6 is 0 Å². The van der Waals surface area contributed by atoms with E-state index >= 15 is 8.78 Å². The quantitative estimate of drug-likeness (QED) is 0.180. The first-order chi connectivity index (χ1) is 28.2. The SMILES string of the molecule is O=C1CCC(Nc2ccc(N3CCC(CN4CCN(C(=O)C5CCC(Nc6cc(-c7cccc(-n8ccccc8=O)c7)c(F)cn6)CC5)CC4)CC3)c(F)c2)C(=O)N1. The lowest BCUT2D eigenvalue weighted by molar-refractivity contribution is -0.138. The molecule has 12 nitrogen and oxygen atoms in total. The topological polar surface area (TPSA) is 132 Å². The average Bonchev–Trinajstić information content (AvgIpc) is 3.23. The fraction of sp³-hybridized carbons (Fsp3) is 0.432. The molecule has 3 N–H and O–H groups in total. The Morgan fingerprint density at radius 1 is 0.793 bits per heavy atom. The van der Waals surface area contributed by atoms with Crippen molar-refractivity contribution in [2.24, 2.45) is 11.8 Å². The number of anilines is 3. The van der Waals surface area contributed by atoms with Gasteiger partial charge in [-0.25, -0.2) is 13.8 Å². The van der Waals surface area contributed by atoms with E-state index in [-0.39, 0.29) is 47.5 Å². The molecule has 8 rings (SSSR count). The molecule has 2 aromatic carbocycles. The van der Waals surface area contributed by atoms with E-state index in [4.69, 9.17) is 0 Å². The summed E-state index contributed by atoms with van der Waals surface area (Å²) >= 11 is 0. The number of carbonyl (C=O) groups is 3. The number of hydrogen-bond donors (Lipinski definition) is 3. The molecule has 1 aliphatic carbocycles. The van der Waals surface area contributed by atoms with Crippen molar-refractivity contribution in [3.05, 3.63) is 101 Å². The van der Waals surface area contributed by atoms with Gasteiger partial charge >= 0.3 is 0 Å². The summed E-state index contributed by atoms with van der Waals surface area (Å²) in [6, 6.07) is 18.5.